The molecule has 3 nitrogen and oxygen atoms in total. The molecule has 102 valence electrons. The van der Waals surface area contributed by atoms with E-state index >= 15 is 0 Å². The van der Waals surface area contributed by atoms with Crippen molar-refractivity contribution in [2.24, 2.45) is 5.92 Å². The van der Waals surface area contributed by atoms with E-state index in [0.29, 0.717) is 5.92 Å². The molecule has 2 rings (SSSR count). The topological polar surface area (TPSA) is 38.1 Å². The Balaban J connectivity index is 1.77. The Bertz CT molecular complexity index is 465. The second-order valence-electron chi connectivity index (χ2n) is 4.94. The van der Waals surface area contributed by atoms with Gasteiger partial charge >= 0.3 is 0 Å². The van der Waals surface area contributed by atoms with Crippen molar-refractivity contribution in [1.82, 2.24) is 10.5 Å². The van der Waals surface area contributed by atoms with Crippen LogP contribution in [-0.4, -0.2) is 11.7 Å². The van der Waals surface area contributed by atoms with E-state index < -0.39 is 0 Å². The van der Waals surface area contributed by atoms with Gasteiger partial charge in [-0.3, -0.25) is 0 Å². The van der Waals surface area contributed by atoms with E-state index in [4.69, 9.17) is 4.52 Å². The largest absolute Gasteiger partial charge is 0.361 e. The normalized spacial score (nSPS) is 11.1. The molecule has 0 unspecified atom stereocenters. The van der Waals surface area contributed by atoms with E-state index in [0.717, 1.165) is 24.6 Å². The van der Waals surface area contributed by atoms with Gasteiger partial charge in [0.05, 0.1) is 11.9 Å². The molecule has 1 N–H and O–H groups in total. The van der Waals surface area contributed by atoms with Gasteiger partial charge in [0.15, 0.2) is 0 Å². The lowest BCUT2D eigenvalue weighted by molar-refractivity contribution is 0.395. The van der Waals surface area contributed by atoms with E-state index in [1.165, 1.54) is 10.5 Å². The summed E-state index contributed by atoms with van der Waals surface area (Å²) >= 11 is 1.76. The minimum Gasteiger partial charge on any atom is -0.361 e. The Hall–Kier alpha value is -1.26. The van der Waals surface area contributed by atoms with Gasteiger partial charge in [-0.2, -0.15) is 0 Å². The number of thioether (sulfide) groups is 1. The summed E-state index contributed by atoms with van der Waals surface area (Å²) in [5.41, 5.74) is 1.32. The molecule has 0 atom stereocenters. The average Bonchev–Trinajstić information content (AvgIpc) is 2.90. The fourth-order valence-corrected chi connectivity index (χ4v) is 2.47. The fourth-order valence-electron chi connectivity index (χ4n) is 1.68. The maximum atomic E-state index is 5.07. The highest BCUT2D eigenvalue weighted by Crippen LogP contribution is 2.22. The Morgan fingerprint density at radius 1 is 1.21 bits per heavy atom. The van der Waals surface area contributed by atoms with Gasteiger partial charge in [0.25, 0.3) is 0 Å². The second kappa shape index (κ2) is 7.36. The van der Waals surface area contributed by atoms with E-state index in [9.17, 15) is 0 Å². The van der Waals surface area contributed by atoms with Crippen LogP contribution in [0.25, 0.3) is 0 Å². The van der Waals surface area contributed by atoms with Gasteiger partial charge < -0.3 is 9.84 Å². The Morgan fingerprint density at radius 3 is 2.63 bits per heavy atom. The third-order valence-electron chi connectivity index (χ3n) is 2.68. The van der Waals surface area contributed by atoms with Crippen molar-refractivity contribution < 1.29 is 4.52 Å². The summed E-state index contributed by atoms with van der Waals surface area (Å²) in [5.74, 6) is 2.43. The maximum absolute atomic E-state index is 5.07. The molecule has 1 heterocycles. The molecule has 2 aromatic rings. The highest BCUT2D eigenvalue weighted by atomic mass is 32.2. The SMILES string of the molecule is CC(C)CNCc1ccc(SCc2ccno2)cc1. The van der Waals surface area contributed by atoms with Gasteiger partial charge in [-0.15, -0.1) is 11.8 Å². The molecule has 0 bridgehead atoms. The van der Waals surface area contributed by atoms with E-state index in [1.54, 1.807) is 18.0 Å². The van der Waals surface area contributed by atoms with Crippen LogP contribution >= 0.6 is 11.8 Å². The number of aromatic nitrogens is 1. The lowest BCUT2D eigenvalue weighted by Crippen LogP contribution is -2.18. The Kier molecular flexibility index (Phi) is 5.48. The first-order valence-electron chi connectivity index (χ1n) is 6.56. The van der Waals surface area contributed by atoms with Gasteiger partial charge in [0, 0.05) is 17.5 Å². The zero-order chi connectivity index (χ0) is 13.5. The molecule has 0 aliphatic carbocycles. The van der Waals surface area contributed by atoms with E-state index in [1.807, 2.05) is 6.07 Å². The summed E-state index contributed by atoms with van der Waals surface area (Å²) in [4.78, 5) is 1.25. The molecule has 0 saturated heterocycles. The summed E-state index contributed by atoms with van der Waals surface area (Å²) in [7, 11) is 0. The van der Waals surface area contributed by atoms with Crippen molar-refractivity contribution in [3.05, 3.63) is 47.9 Å². The number of nitrogens with zero attached hydrogens (tertiary/aromatic N) is 1. The summed E-state index contributed by atoms with van der Waals surface area (Å²) in [6.07, 6.45) is 1.68. The molecule has 1 aromatic carbocycles. The quantitative estimate of drug-likeness (QED) is 0.782. The molecule has 0 aliphatic heterocycles. The number of hydrogen-bond acceptors (Lipinski definition) is 4. The number of nitrogens with one attached hydrogen (secondary N) is 1. The fraction of sp³-hybridized carbons (Fsp3) is 0.400. The van der Waals surface area contributed by atoms with Crippen molar-refractivity contribution in [2.45, 2.75) is 31.0 Å². The number of hydrogen-bond donors (Lipinski definition) is 1. The Morgan fingerprint density at radius 2 is 2.00 bits per heavy atom. The predicted octanol–water partition coefficient (Wildman–Crippen LogP) is 3.71. The molecule has 0 spiro atoms. The second-order valence-corrected chi connectivity index (χ2v) is 5.98. The molecule has 19 heavy (non-hydrogen) atoms. The Labute approximate surface area is 118 Å². The molecule has 0 aliphatic rings. The van der Waals surface area contributed by atoms with Gasteiger partial charge in [-0.05, 0) is 30.2 Å². The highest BCUT2D eigenvalue weighted by Gasteiger charge is 2.00. The van der Waals surface area contributed by atoms with E-state index in [-0.39, 0.29) is 0 Å². The minimum absolute atomic E-state index is 0.691. The molecular weight excluding hydrogens is 256 g/mol. The zero-order valence-corrected chi connectivity index (χ0v) is 12.2. The summed E-state index contributed by atoms with van der Waals surface area (Å²) in [5, 5.41) is 7.14. The lowest BCUT2D eigenvalue weighted by atomic mass is 10.2. The van der Waals surface area contributed by atoms with Crippen LogP contribution in [0.5, 0.6) is 0 Å². The van der Waals surface area contributed by atoms with Crippen molar-refractivity contribution in [3.8, 4) is 0 Å². The molecule has 4 heteroatoms. The summed E-state index contributed by atoms with van der Waals surface area (Å²) < 4.78 is 5.07. The number of rotatable bonds is 7. The van der Waals surface area contributed by atoms with Crippen molar-refractivity contribution >= 4 is 11.8 Å². The van der Waals surface area contributed by atoms with Crippen molar-refractivity contribution in [2.75, 3.05) is 6.54 Å². The first-order chi connectivity index (χ1) is 9.24. The van der Waals surface area contributed by atoms with Crippen LogP contribution in [0.3, 0.4) is 0 Å². The lowest BCUT2D eigenvalue weighted by Gasteiger charge is -2.08. The van der Waals surface area contributed by atoms with Crippen molar-refractivity contribution in [3.63, 3.8) is 0 Å². The first kappa shape index (κ1) is 14.2. The van der Waals surface area contributed by atoms with Crippen LogP contribution in [0.4, 0.5) is 0 Å². The number of benzene rings is 1. The van der Waals surface area contributed by atoms with Gasteiger partial charge in [-0.1, -0.05) is 31.1 Å². The minimum atomic E-state index is 0.691. The third-order valence-corrected chi connectivity index (χ3v) is 3.71. The maximum Gasteiger partial charge on any atom is 0.146 e. The van der Waals surface area contributed by atoms with Crippen LogP contribution in [0.1, 0.15) is 25.2 Å². The monoisotopic (exact) mass is 276 g/mol. The first-order valence-corrected chi connectivity index (χ1v) is 7.54. The standard InChI is InChI=1S/C15H20N2OS/c1-12(2)9-16-10-13-3-5-15(6-4-13)19-11-14-7-8-17-18-14/h3-8,12,16H,9-11H2,1-2H3. The molecule has 0 saturated carbocycles. The predicted molar refractivity (Wildman–Crippen MR) is 79.1 cm³/mol. The van der Waals surface area contributed by atoms with Gasteiger partial charge in [-0.25, -0.2) is 0 Å². The zero-order valence-electron chi connectivity index (χ0n) is 11.4. The summed E-state index contributed by atoms with van der Waals surface area (Å²) in [6.45, 7) is 6.43. The van der Waals surface area contributed by atoms with Crippen LogP contribution in [0, 0.1) is 5.92 Å². The molecule has 0 amide bonds. The van der Waals surface area contributed by atoms with Gasteiger partial charge in [0.1, 0.15) is 5.76 Å². The van der Waals surface area contributed by atoms with Crippen LogP contribution < -0.4 is 5.32 Å². The molecular formula is C15H20N2OS. The highest BCUT2D eigenvalue weighted by molar-refractivity contribution is 7.98. The average molecular weight is 276 g/mol. The van der Waals surface area contributed by atoms with Crippen LogP contribution in [-0.2, 0) is 12.3 Å². The van der Waals surface area contributed by atoms with Crippen LogP contribution in [0.2, 0.25) is 0 Å². The molecule has 1 aromatic heterocycles. The smallest absolute Gasteiger partial charge is 0.146 e. The third kappa shape index (κ3) is 5.09. The molecule has 0 radical (unpaired) electrons. The van der Waals surface area contributed by atoms with Gasteiger partial charge in [0.2, 0.25) is 0 Å². The van der Waals surface area contributed by atoms with Crippen LogP contribution in [0.15, 0.2) is 45.9 Å². The van der Waals surface area contributed by atoms with E-state index in [2.05, 4.69) is 48.6 Å². The summed E-state index contributed by atoms with van der Waals surface area (Å²) in [6, 6.07) is 10.6. The molecule has 0 fully saturated rings. The van der Waals surface area contributed by atoms with Crippen molar-refractivity contribution in [1.29, 1.82) is 0 Å².